The molecule has 0 spiro atoms. The van der Waals surface area contributed by atoms with Gasteiger partial charge in [0.2, 0.25) is 5.91 Å². The molecule has 0 aromatic rings. The summed E-state index contributed by atoms with van der Waals surface area (Å²) in [6, 6.07) is 0.279. The van der Waals surface area contributed by atoms with Gasteiger partial charge in [0.25, 0.3) is 0 Å². The smallest absolute Gasteiger partial charge is 0.224 e. The second kappa shape index (κ2) is 6.02. The molecule has 0 aromatic heterocycles. The van der Waals surface area contributed by atoms with Crippen molar-refractivity contribution in [2.45, 2.75) is 51.5 Å². The summed E-state index contributed by atoms with van der Waals surface area (Å²) in [7, 11) is 0. The molecule has 1 amide bonds. The maximum atomic E-state index is 12.1. The van der Waals surface area contributed by atoms with Gasteiger partial charge >= 0.3 is 0 Å². The van der Waals surface area contributed by atoms with Crippen LogP contribution >= 0.6 is 0 Å². The summed E-state index contributed by atoms with van der Waals surface area (Å²) in [5, 5.41) is 16.0. The predicted octanol–water partition coefficient (Wildman–Crippen LogP) is 1.04. The third-order valence-electron chi connectivity index (χ3n) is 4.75. The van der Waals surface area contributed by atoms with Gasteiger partial charge in [-0.25, -0.2) is 0 Å². The van der Waals surface area contributed by atoms with E-state index in [-0.39, 0.29) is 29.9 Å². The number of nitrogens with one attached hydrogen (secondary N) is 2. The third-order valence-corrected chi connectivity index (χ3v) is 4.75. The van der Waals surface area contributed by atoms with Gasteiger partial charge in [0, 0.05) is 18.0 Å². The molecule has 2 unspecified atom stereocenters. The van der Waals surface area contributed by atoms with Gasteiger partial charge in [-0.05, 0) is 32.7 Å². The molecule has 1 saturated carbocycles. The van der Waals surface area contributed by atoms with Gasteiger partial charge in [0.05, 0.1) is 12.5 Å². The molecule has 104 valence electrons. The number of carbonyl (C=O) groups is 1. The Morgan fingerprint density at radius 1 is 1.39 bits per heavy atom. The fourth-order valence-corrected chi connectivity index (χ4v) is 3.32. The van der Waals surface area contributed by atoms with Gasteiger partial charge in [-0.2, -0.15) is 0 Å². The summed E-state index contributed by atoms with van der Waals surface area (Å²) >= 11 is 0. The van der Waals surface area contributed by atoms with Gasteiger partial charge in [-0.15, -0.1) is 0 Å². The monoisotopic (exact) mass is 254 g/mol. The van der Waals surface area contributed by atoms with Gasteiger partial charge in [0.1, 0.15) is 0 Å². The molecule has 1 aliphatic heterocycles. The minimum Gasteiger partial charge on any atom is -0.396 e. The number of carbonyl (C=O) groups excluding carboxylic acids is 1. The van der Waals surface area contributed by atoms with Crippen molar-refractivity contribution >= 4 is 5.91 Å². The van der Waals surface area contributed by atoms with Crippen molar-refractivity contribution in [2.75, 3.05) is 19.7 Å². The van der Waals surface area contributed by atoms with Crippen molar-refractivity contribution in [3.63, 3.8) is 0 Å². The number of rotatable bonds is 4. The minimum atomic E-state index is -0.0524. The van der Waals surface area contributed by atoms with Crippen LogP contribution in [0.1, 0.15) is 45.4 Å². The standard InChI is InChI=1S/C14H26N2O2/c1-11-12(5-8-15-11)13(18)16-9-14(10-17)6-3-2-4-7-14/h11-12,15,17H,2-10H2,1H3,(H,16,18). The lowest BCUT2D eigenvalue weighted by atomic mass is 9.74. The Morgan fingerprint density at radius 2 is 2.11 bits per heavy atom. The zero-order valence-corrected chi connectivity index (χ0v) is 11.4. The fraction of sp³-hybridized carbons (Fsp3) is 0.929. The van der Waals surface area contributed by atoms with Crippen molar-refractivity contribution in [2.24, 2.45) is 11.3 Å². The lowest BCUT2D eigenvalue weighted by molar-refractivity contribution is -0.126. The molecule has 1 saturated heterocycles. The molecule has 0 bridgehead atoms. The van der Waals surface area contributed by atoms with Gasteiger partial charge in [-0.1, -0.05) is 19.3 Å². The van der Waals surface area contributed by atoms with E-state index in [1.54, 1.807) is 0 Å². The number of hydrogen-bond donors (Lipinski definition) is 3. The first-order valence-electron chi connectivity index (χ1n) is 7.29. The Hall–Kier alpha value is -0.610. The Balaban J connectivity index is 1.83. The largest absolute Gasteiger partial charge is 0.396 e. The number of aliphatic hydroxyl groups is 1. The quantitative estimate of drug-likeness (QED) is 0.702. The van der Waals surface area contributed by atoms with Crippen molar-refractivity contribution in [1.82, 2.24) is 10.6 Å². The lowest BCUT2D eigenvalue weighted by Crippen LogP contribution is -2.45. The molecule has 1 aliphatic carbocycles. The number of amides is 1. The normalized spacial score (nSPS) is 31.2. The topological polar surface area (TPSA) is 61.4 Å². The number of hydrogen-bond acceptors (Lipinski definition) is 3. The van der Waals surface area contributed by atoms with E-state index in [1.165, 1.54) is 19.3 Å². The van der Waals surface area contributed by atoms with E-state index in [9.17, 15) is 9.90 Å². The second-order valence-corrected chi connectivity index (χ2v) is 6.07. The highest BCUT2D eigenvalue weighted by molar-refractivity contribution is 5.79. The Kier molecular flexibility index (Phi) is 4.62. The van der Waals surface area contributed by atoms with Crippen LogP contribution in [0.25, 0.3) is 0 Å². The molecule has 0 aromatic carbocycles. The van der Waals surface area contributed by atoms with Crippen LogP contribution in [-0.2, 0) is 4.79 Å². The lowest BCUT2D eigenvalue weighted by Gasteiger charge is -2.36. The first kappa shape index (κ1) is 13.8. The van der Waals surface area contributed by atoms with E-state index in [0.717, 1.165) is 25.8 Å². The Labute approximate surface area is 110 Å². The first-order chi connectivity index (χ1) is 8.67. The zero-order chi connectivity index (χ0) is 13.0. The van der Waals surface area contributed by atoms with Crippen LogP contribution in [-0.4, -0.2) is 36.8 Å². The van der Waals surface area contributed by atoms with Crippen molar-refractivity contribution in [1.29, 1.82) is 0 Å². The third kappa shape index (κ3) is 3.04. The molecule has 4 heteroatoms. The molecular weight excluding hydrogens is 228 g/mol. The molecule has 2 rings (SSSR count). The van der Waals surface area contributed by atoms with E-state index in [2.05, 4.69) is 17.6 Å². The maximum Gasteiger partial charge on any atom is 0.224 e. The summed E-state index contributed by atoms with van der Waals surface area (Å²) in [5.41, 5.74) is -0.0524. The van der Waals surface area contributed by atoms with Crippen LogP contribution in [0, 0.1) is 11.3 Å². The van der Waals surface area contributed by atoms with E-state index < -0.39 is 0 Å². The average molecular weight is 254 g/mol. The summed E-state index contributed by atoms with van der Waals surface area (Å²) < 4.78 is 0. The van der Waals surface area contributed by atoms with Crippen LogP contribution in [0.3, 0.4) is 0 Å². The van der Waals surface area contributed by atoms with Crippen LogP contribution in [0.2, 0.25) is 0 Å². The van der Waals surface area contributed by atoms with Crippen LogP contribution in [0.4, 0.5) is 0 Å². The predicted molar refractivity (Wildman–Crippen MR) is 71.2 cm³/mol. The second-order valence-electron chi connectivity index (χ2n) is 6.07. The fourth-order valence-electron chi connectivity index (χ4n) is 3.32. The molecule has 2 atom stereocenters. The highest BCUT2D eigenvalue weighted by atomic mass is 16.3. The van der Waals surface area contributed by atoms with Gasteiger partial charge < -0.3 is 15.7 Å². The highest BCUT2D eigenvalue weighted by Crippen LogP contribution is 2.35. The van der Waals surface area contributed by atoms with Crippen molar-refractivity contribution in [3.8, 4) is 0 Å². The zero-order valence-electron chi connectivity index (χ0n) is 11.4. The molecule has 3 N–H and O–H groups in total. The molecule has 0 radical (unpaired) electrons. The van der Waals surface area contributed by atoms with Crippen molar-refractivity contribution < 1.29 is 9.90 Å². The molecule has 1 heterocycles. The van der Waals surface area contributed by atoms with E-state index in [0.29, 0.717) is 6.54 Å². The maximum absolute atomic E-state index is 12.1. The molecule has 4 nitrogen and oxygen atoms in total. The molecular formula is C14H26N2O2. The Bertz CT molecular complexity index is 288. The summed E-state index contributed by atoms with van der Waals surface area (Å²) in [6.45, 7) is 3.85. The van der Waals surface area contributed by atoms with Crippen LogP contribution in [0.5, 0.6) is 0 Å². The molecule has 18 heavy (non-hydrogen) atoms. The Morgan fingerprint density at radius 3 is 2.67 bits per heavy atom. The van der Waals surface area contributed by atoms with E-state index in [1.807, 2.05) is 0 Å². The SMILES string of the molecule is CC1NCCC1C(=O)NCC1(CO)CCCCC1. The summed E-state index contributed by atoms with van der Waals surface area (Å²) in [6.07, 6.45) is 6.64. The summed E-state index contributed by atoms with van der Waals surface area (Å²) in [5.74, 6) is 0.259. The highest BCUT2D eigenvalue weighted by Gasteiger charge is 2.34. The molecule has 2 aliphatic rings. The van der Waals surface area contributed by atoms with E-state index >= 15 is 0 Å². The summed E-state index contributed by atoms with van der Waals surface area (Å²) in [4.78, 5) is 12.1. The first-order valence-corrected chi connectivity index (χ1v) is 7.29. The van der Waals surface area contributed by atoms with Crippen molar-refractivity contribution in [3.05, 3.63) is 0 Å². The average Bonchev–Trinajstić information content (AvgIpc) is 2.83. The number of aliphatic hydroxyl groups excluding tert-OH is 1. The minimum absolute atomic E-state index is 0.0524. The van der Waals surface area contributed by atoms with Gasteiger partial charge in [0.15, 0.2) is 0 Å². The van der Waals surface area contributed by atoms with Gasteiger partial charge in [-0.3, -0.25) is 4.79 Å². The van der Waals surface area contributed by atoms with Crippen LogP contribution < -0.4 is 10.6 Å². The van der Waals surface area contributed by atoms with E-state index in [4.69, 9.17) is 0 Å². The van der Waals surface area contributed by atoms with Crippen LogP contribution in [0.15, 0.2) is 0 Å². The molecule has 2 fully saturated rings.